The maximum Gasteiger partial charge on any atom is 0.273 e. The van der Waals surface area contributed by atoms with Crippen molar-refractivity contribution in [1.82, 2.24) is 10.2 Å². The summed E-state index contributed by atoms with van der Waals surface area (Å²) in [5, 5.41) is 15.0. The minimum atomic E-state index is -4.62. The van der Waals surface area contributed by atoms with Gasteiger partial charge in [0, 0.05) is 29.2 Å². The lowest BCUT2D eigenvalue weighted by atomic mass is 9.95. The van der Waals surface area contributed by atoms with Crippen LogP contribution in [0.4, 0.5) is 11.4 Å². The van der Waals surface area contributed by atoms with Crippen LogP contribution >= 0.6 is 11.6 Å². The van der Waals surface area contributed by atoms with Gasteiger partial charge in [-0.15, -0.1) is 0 Å². The molecule has 0 saturated heterocycles. The van der Waals surface area contributed by atoms with Gasteiger partial charge in [-0.3, -0.25) is 24.0 Å². The molecule has 47 heavy (non-hydrogen) atoms. The maximum atomic E-state index is 14.5. The van der Waals surface area contributed by atoms with Crippen LogP contribution < -0.4 is 14.4 Å². The molecule has 3 aromatic carbocycles. The fourth-order valence-electron chi connectivity index (χ4n) is 5.92. The third-order valence-corrected chi connectivity index (χ3v) is 10.4. The van der Waals surface area contributed by atoms with Gasteiger partial charge in [-0.25, -0.2) is 8.42 Å². The number of nitro benzene ring substituents is 1. The van der Waals surface area contributed by atoms with Gasteiger partial charge in [0.05, 0.1) is 22.6 Å². The predicted octanol–water partition coefficient (Wildman–Crippen LogP) is 6.33. The number of hydrogen-bond acceptors (Lipinski definition) is 7. The summed E-state index contributed by atoms with van der Waals surface area (Å²) in [6, 6.07) is 14.5. The van der Waals surface area contributed by atoms with E-state index in [0.29, 0.717) is 0 Å². The average Bonchev–Trinajstić information content (AvgIpc) is 3.03. The zero-order valence-corrected chi connectivity index (χ0v) is 28.6. The van der Waals surface area contributed by atoms with E-state index in [1.165, 1.54) is 49.3 Å². The molecule has 0 radical (unpaired) electrons. The monoisotopic (exact) mass is 684 g/mol. The van der Waals surface area contributed by atoms with Crippen molar-refractivity contribution in [3.8, 4) is 5.75 Å². The Bertz CT molecular complexity index is 1730. The fourth-order valence-corrected chi connectivity index (χ4v) is 7.52. The molecule has 1 aliphatic rings. The molecular weight excluding hydrogens is 644 g/mol. The highest BCUT2D eigenvalue weighted by molar-refractivity contribution is 7.92. The minimum Gasteiger partial charge on any atom is -0.495 e. The highest BCUT2D eigenvalue weighted by atomic mass is 35.5. The fraction of sp³-hybridized carbons (Fsp3) is 0.412. The summed E-state index contributed by atoms with van der Waals surface area (Å²) in [5.74, 6) is -0.839. The van der Waals surface area contributed by atoms with E-state index in [1.807, 2.05) is 38.1 Å². The Morgan fingerprint density at radius 2 is 1.79 bits per heavy atom. The molecule has 1 fully saturated rings. The molecule has 0 bridgehead atoms. The molecule has 0 spiro atoms. The largest absolute Gasteiger partial charge is 0.495 e. The summed E-state index contributed by atoms with van der Waals surface area (Å²) in [6.45, 7) is 4.54. The molecular formula is C34H41ClN4O7S. The number of benzene rings is 3. The molecule has 0 aromatic heterocycles. The number of anilines is 1. The quantitative estimate of drug-likeness (QED) is 0.164. The van der Waals surface area contributed by atoms with Gasteiger partial charge in [0.25, 0.3) is 15.7 Å². The van der Waals surface area contributed by atoms with Gasteiger partial charge in [0.1, 0.15) is 18.3 Å². The first-order valence-corrected chi connectivity index (χ1v) is 17.4. The molecule has 13 heteroatoms. The van der Waals surface area contributed by atoms with Crippen LogP contribution in [0.15, 0.2) is 65.6 Å². The molecule has 1 aliphatic carbocycles. The first-order chi connectivity index (χ1) is 22.3. The van der Waals surface area contributed by atoms with Crippen molar-refractivity contribution in [3.63, 3.8) is 0 Å². The van der Waals surface area contributed by atoms with Gasteiger partial charge < -0.3 is 15.0 Å². The summed E-state index contributed by atoms with van der Waals surface area (Å²) in [6.07, 6.45) is 5.14. The molecule has 4 rings (SSSR count). The Morgan fingerprint density at radius 3 is 2.43 bits per heavy atom. The van der Waals surface area contributed by atoms with Crippen LogP contribution in [0.25, 0.3) is 0 Å². The Balaban J connectivity index is 1.80. The highest BCUT2D eigenvalue weighted by Gasteiger charge is 2.36. The Kier molecular flexibility index (Phi) is 11.9. The Morgan fingerprint density at radius 1 is 1.06 bits per heavy atom. The van der Waals surface area contributed by atoms with Crippen LogP contribution in [0.2, 0.25) is 5.02 Å². The second-order valence-electron chi connectivity index (χ2n) is 11.8. The number of rotatable bonds is 13. The summed E-state index contributed by atoms with van der Waals surface area (Å²) in [5.41, 5.74) is 1.58. The van der Waals surface area contributed by atoms with Crippen molar-refractivity contribution in [2.75, 3.05) is 18.0 Å². The van der Waals surface area contributed by atoms with E-state index in [9.17, 15) is 28.1 Å². The lowest BCUT2D eigenvalue weighted by Gasteiger charge is -2.34. The third kappa shape index (κ3) is 8.61. The zero-order chi connectivity index (χ0) is 34.3. The van der Waals surface area contributed by atoms with Gasteiger partial charge in [-0.05, 0) is 62.9 Å². The number of hydrogen-bond donors (Lipinski definition) is 1. The topological polar surface area (TPSA) is 139 Å². The number of nitrogens with one attached hydrogen (secondary N) is 1. The van der Waals surface area contributed by atoms with Crippen LogP contribution in [-0.2, 0) is 26.2 Å². The number of sulfonamides is 1. The van der Waals surface area contributed by atoms with Crippen molar-refractivity contribution in [1.29, 1.82) is 0 Å². The number of aryl methyl sites for hydroxylation is 2. The number of carbonyl (C=O) groups is 2. The molecule has 3 aromatic rings. The van der Waals surface area contributed by atoms with E-state index in [1.54, 1.807) is 0 Å². The molecule has 1 N–H and O–H groups in total. The van der Waals surface area contributed by atoms with Crippen molar-refractivity contribution in [2.45, 2.75) is 82.8 Å². The van der Waals surface area contributed by atoms with Crippen molar-refractivity contribution in [2.24, 2.45) is 0 Å². The number of carbonyl (C=O) groups excluding carboxylic acids is 2. The van der Waals surface area contributed by atoms with Crippen LogP contribution in [0.5, 0.6) is 5.75 Å². The van der Waals surface area contributed by atoms with Gasteiger partial charge in [-0.2, -0.15) is 0 Å². The number of ether oxygens (including phenoxy) is 1. The molecule has 1 unspecified atom stereocenters. The molecule has 252 valence electrons. The Labute approximate surface area is 281 Å². The van der Waals surface area contributed by atoms with E-state index in [-0.39, 0.29) is 52.6 Å². The summed E-state index contributed by atoms with van der Waals surface area (Å²) in [4.78, 5) is 40.3. The van der Waals surface area contributed by atoms with E-state index in [4.69, 9.17) is 16.3 Å². The molecule has 2 amide bonds. The normalized spacial score (nSPS) is 14.2. The van der Waals surface area contributed by atoms with Gasteiger partial charge >= 0.3 is 0 Å². The first kappa shape index (κ1) is 35.7. The van der Waals surface area contributed by atoms with E-state index in [0.717, 1.165) is 53.6 Å². The van der Waals surface area contributed by atoms with Crippen molar-refractivity contribution in [3.05, 3.63) is 92.5 Å². The standard InChI is InChI=1S/C34H41ClN4O7S/c1-5-29(34(41)36-27-12-7-6-8-13-27)37(21-25-11-9-10-23(2)18-25)33(40)22-38(31-19-26(35)15-17-32(31)46-4)47(44,45)28-16-14-24(3)30(20-28)39(42)43/h9-11,14-20,27,29H,5-8,12-13,21-22H2,1-4H3,(H,36,41). The van der Waals surface area contributed by atoms with Gasteiger partial charge in [0.2, 0.25) is 11.8 Å². The lowest BCUT2D eigenvalue weighted by molar-refractivity contribution is -0.385. The third-order valence-electron chi connectivity index (χ3n) is 8.43. The summed E-state index contributed by atoms with van der Waals surface area (Å²) >= 11 is 6.32. The molecule has 0 aliphatic heterocycles. The molecule has 0 heterocycles. The smallest absolute Gasteiger partial charge is 0.273 e. The first-order valence-electron chi connectivity index (χ1n) is 15.6. The van der Waals surface area contributed by atoms with Gasteiger partial charge in [0.15, 0.2) is 0 Å². The van der Waals surface area contributed by atoms with Gasteiger partial charge in [-0.1, -0.05) is 73.7 Å². The Hall–Kier alpha value is -4.16. The van der Waals surface area contributed by atoms with E-state index < -0.39 is 38.3 Å². The van der Waals surface area contributed by atoms with Crippen LogP contribution in [0, 0.1) is 24.0 Å². The van der Waals surface area contributed by atoms with Crippen molar-refractivity contribution < 1.29 is 27.7 Å². The second-order valence-corrected chi connectivity index (χ2v) is 14.1. The number of nitrogens with zero attached hydrogens (tertiary/aromatic N) is 3. The molecule has 1 atom stereocenters. The second kappa shape index (κ2) is 15.6. The summed E-state index contributed by atoms with van der Waals surface area (Å²) in [7, 11) is -3.27. The zero-order valence-electron chi connectivity index (χ0n) is 27.1. The number of methoxy groups -OCH3 is 1. The van der Waals surface area contributed by atoms with Crippen LogP contribution in [-0.4, -0.2) is 55.8 Å². The number of amides is 2. The maximum absolute atomic E-state index is 14.5. The minimum absolute atomic E-state index is 0.00569. The van der Waals surface area contributed by atoms with E-state index in [2.05, 4.69) is 5.32 Å². The van der Waals surface area contributed by atoms with E-state index >= 15 is 0 Å². The SMILES string of the molecule is CCC(C(=O)NC1CCCCC1)N(Cc1cccc(C)c1)C(=O)CN(c1cc(Cl)ccc1OC)S(=O)(=O)c1ccc(C)c([N+](=O)[O-])c1. The molecule has 11 nitrogen and oxygen atoms in total. The van der Waals surface area contributed by atoms with Crippen LogP contribution in [0.1, 0.15) is 62.1 Å². The highest BCUT2D eigenvalue weighted by Crippen LogP contribution is 2.36. The molecule has 1 saturated carbocycles. The average molecular weight is 685 g/mol. The number of nitro groups is 1. The van der Waals surface area contributed by atoms with Crippen LogP contribution in [0.3, 0.4) is 0 Å². The number of halogens is 1. The van der Waals surface area contributed by atoms with Crippen molar-refractivity contribution >= 4 is 44.8 Å². The lowest BCUT2D eigenvalue weighted by Crippen LogP contribution is -2.54. The summed E-state index contributed by atoms with van der Waals surface area (Å²) < 4.78 is 35.0. The predicted molar refractivity (Wildman–Crippen MR) is 181 cm³/mol.